The fraction of sp³-hybridized carbons (Fsp3) is 0.455. The predicted molar refractivity (Wildman–Crippen MR) is 58.0 cm³/mol. The minimum Gasteiger partial charge on any atom is -0.491 e. The van der Waals surface area contributed by atoms with Gasteiger partial charge in [0.2, 0.25) is 6.79 Å². The van der Waals surface area contributed by atoms with Crippen LogP contribution in [0.25, 0.3) is 0 Å². The second kappa shape index (κ2) is 5.05. The first kappa shape index (κ1) is 11.0. The number of rotatable bonds is 5. The van der Waals surface area contributed by atoms with Gasteiger partial charge in [-0.1, -0.05) is 0 Å². The maximum atomic E-state index is 9.46. The Morgan fingerprint density at radius 1 is 1.44 bits per heavy atom. The molecular formula is C11H15NO4. The Morgan fingerprint density at radius 3 is 3.06 bits per heavy atom. The first-order chi connectivity index (χ1) is 7.79. The predicted octanol–water partition coefficient (Wildman–Crippen LogP) is 0.374. The summed E-state index contributed by atoms with van der Waals surface area (Å²) in [5.74, 6) is 2.07. The van der Waals surface area contributed by atoms with Gasteiger partial charge in [-0.25, -0.2) is 0 Å². The molecule has 1 aliphatic rings. The van der Waals surface area contributed by atoms with Gasteiger partial charge < -0.3 is 24.6 Å². The van der Waals surface area contributed by atoms with Crippen LogP contribution in [0.1, 0.15) is 0 Å². The summed E-state index contributed by atoms with van der Waals surface area (Å²) in [5.41, 5.74) is 0. The number of nitrogens with one attached hydrogen (secondary N) is 1. The first-order valence-corrected chi connectivity index (χ1v) is 5.14. The minimum absolute atomic E-state index is 0.250. The summed E-state index contributed by atoms with van der Waals surface area (Å²) in [4.78, 5) is 0. The molecule has 1 aliphatic heterocycles. The minimum atomic E-state index is -0.518. The molecule has 0 saturated carbocycles. The molecule has 0 radical (unpaired) electrons. The molecule has 88 valence electrons. The van der Waals surface area contributed by atoms with E-state index in [4.69, 9.17) is 14.2 Å². The number of aliphatic hydroxyl groups excluding tert-OH is 1. The lowest BCUT2D eigenvalue weighted by Gasteiger charge is -2.11. The van der Waals surface area contributed by atoms with Gasteiger partial charge in [0.25, 0.3) is 0 Å². The topological polar surface area (TPSA) is 60.0 Å². The third-order valence-corrected chi connectivity index (χ3v) is 2.23. The second-order valence-corrected chi connectivity index (χ2v) is 3.54. The summed E-state index contributed by atoms with van der Waals surface area (Å²) >= 11 is 0. The molecular weight excluding hydrogens is 210 g/mol. The van der Waals surface area contributed by atoms with Gasteiger partial charge in [0.1, 0.15) is 18.5 Å². The van der Waals surface area contributed by atoms with Crippen molar-refractivity contribution in [3.05, 3.63) is 18.2 Å². The molecule has 0 aliphatic carbocycles. The number of ether oxygens (including phenoxy) is 3. The molecule has 1 aromatic rings. The van der Waals surface area contributed by atoms with Crippen molar-refractivity contribution >= 4 is 0 Å². The molecule has 0 aromatic heterocycles. The molecule has 1 unspecified atom stereocenters. The molecule has 1 heterocycles. The van der Waals surface area contributed by atoms with E-state index in [0.717, 1.165) is 5.75 Å². The number of fused-ring (bicyclic) bond motifs is 1. The highest BCUT2D eigenvalue weighted by molar-refractivity contribution is 5.46. The zero-order valence-corrected chi connectivity index (χ0v) is 9.10. The number of hydrogen-bond acceptors (Lipinski definition) is 5. The van der Waals surface area contributed by atoms with Gasteiger partial charge in [-0.05, 0) is 19.2 Å². The third kappa shape index (κ3) is 2.56. The normalized spacial score (nSPS) is 14.9. The summed E-state index contributed by atoms with van der Waals surface area (Å²) in [6.45, 7) is 1.01. The molecule has 0 saturated heterocycles. The molecule has 5 heteroatoms. The van der Waals surface area contributed by atoms with Gasteiger partial charge in [0.05, 0.1) is 0 Å². The van der Waals surface area contributed by atoms with Gasteiger partial charge in [-0.15, -0.1) is 0 Å². The Hall–Kier alpha value is -1.46. The van der Waals surface area contributed by atoms with Crippen molar-refractivity contribution in [1.82, 2.24) is 5.32 Å². The maximum absolute atomic E-state index is 9.46. The summed E-state index contributed by atoms with van der Waals surface area (Å²) in [6.07, 6.45) is -0.518. The lowest BCUT2D eigenvalue weighted by Crippen LogP contribution is -2.29. The van der Waals surface area contributed by atoms with E-state index in [2.05, 4.69) is 5.32 Å². The highest BCUT2D eigenvalue weighted by Crippen LogP contribution is 2.34. The lowest BCUT2D eigenvalue weighted by atomic mass is 10.3. The summed E-state index contributed by atoms with van der Waals surface area (Å²) in [6, 6.07) is 5.34. The van der Waals surface area contributed by atoms with Gasteiger partial charge in [0, 0.05) is 12.6 Å². The van der Waals surface area contributed by atoms with Crippen LogP contribution in [0.5, 0.6) is 17.2 Å². The van der Waals surface area contributed by atoms with E-state index in [0.29, 0.717) is 18.0 Å². The number of aliphatic hydroxyl groups is 1. The van der Waals surface area contributed by atoms with E-state index in [1.54, 1.807) is 25.2 Å². The largest absolute Gasteiger partial charge is 0.491 e. The van der Waals surface area contributed by atoms with Crippen LogP contribution in [0.3, 0.4) is 0 Å². The van der Waals surface area contributed by atoms with E-state index in [9.17, 15) is 5.11 Å². The average Bonchev–Trinajstić information content (AvgIpc) is 2.74. The standard InChI is InChI=1S/C11H15NO4/c1-12-5-8(13)6-14-9-2-3-10-11(4-9)16-7-15-10/h2-4,8,12-13H,5-7H2,1H3. The second-order valence-electron chi connectivity index (χ2n) is 3.54. The molecule has 1 aromatic carbocycles. The van der Waals surface area contributed by atoms with Crippen LogP contribution in [0.15, 0.2) is 18.2 Å². The van der Waals surface area contributed by atoms with E-state index in [1.165, 1.54) is 0 Å². The first-order valence-electron chi connectivity index (χ1n) is 5.14. The molecule has 2 rings (SSSR count). The molecule has 0 spiro atoms. The van der Waals surface area contributed by atoms with Crippen molar-refractivity contribution in [3.63, 3.8) is 0 Å². The number of hydrogen-bond donors (Lipinski definition) is 2. The van der Waals surface area contributed by atoms with E-state index < -0.39 is 6.10 Å². The van der Waals surface area contributed by atoms with Gasteiger partial charge in [0.15, 0.2) is 11.5 Å². The van der Waals surface area contributed by atoms with Crippen LogP contribution in [0, 0.1) is 0 Å². The van der Waals surface area contributed by atoms with Crippen LogP contribution < -0.4 is 19.5 Å². The molecule has 5 nitrogen and oxygen atoms in total. The molecule has 1 atom stereocenters. The summed E-state index contributed by atoms with van der Waals surface area (Å²) in [7, 11) is 1.78. The zero-order chi connectivity index (χ0) is 11.4. The zero-order valence-electron chi connectivity index (χ0n) is 9.10. The molecule has 0 bridgehead atoms. The Kier molecular flexibility index (Phi) is 3.48. The fourth-order valence-electron chi connectivity index (χ4n) is 1.45. The van der Waals surface area contributed by atoms with Crippen molar-refractivity contribution in [1.29, 1.82) is 0 Å². The Labute approximate surface area is 93.9 Å². The summed E-state index contributed by atoms with van der Waals surface area (Å²) < 4.78 is 15.8. The van der Waals surface area contributed by atoms with Gasteiger partial charge in [-0.2, -0.15) is 0 Å². The third-order valence-electron chi connectivity index (χ3n) is 2.23. The van der Waals surface area contributed by atoms with Crippen molar-refractivity contribution in [2.75, 3.05) is 27.0 Å². The molecule has 2 N–H and O–H groups in total. The average molecular weight is 225 g/mol. The lowest BCUT2D eigenvalue weighted by molar-refractivity contribution is 0.108. The van der Waals surface area contributed by atoms with Crippen LogP contribution in [-0.2, 0) is 0 Å². The Balaban J connectivity index is 1.90. The Bertz CT molecular complexity index is 356. The smallest absolute Gasteiger partial charge is 0.231 e. The van der Waals surface area contributed by atoms with Crippen molar-refractivity contribution in [2.24, 2.45) is 0 Å². The fourth-order valence-corrected chi connectivity index (χ4v) is 1.45. The van der Waals surface area contributed by atoms with Gasteiger partial charge >= 0.3 is 0 Å². The van der Waals surface area contributed by atoms with Crippen LogP contribution in [0.4, 0.5) is 0 Å². The van der Waals surface area contributed by atoms with Crippen LogP contribution in [-0.4, -0.2) is 38.2 Å². The monoisotopic (exact) mass is 225 g/mol. The summed E-state index contributed by atoms with van der Waals surface area (Å²) in [5, 5.41) is 12.3. The van der Waals surface area contributed by atoms with E-state index in [1.807, 2.05) is 0 Å². The highest BCUT2D eigenvalue weighted by atomic mass is 16.7. The number of likely N-dealkylation sites (N-methyl/N-ethyl adjacent to an activating group) is 1. The van der Waals surface area contributed by atoms with E-state index >= 15 is 0 Å². The van der Waals surface area contributed by atoms with Crippen LogP contribution in [0.2, 0.25) is 0 Å². The van der Waals surface area contributed by atoms with Crippen LogP contribution >= 0.6 is 0 Å². The van der Waals surface area contributed by atoms with Crippen molar-refractivity contribution in [2.45, 2.75) is 6.10 Å². The Morgan fingerprint density at radius 2 is 2.25 bits per heavy atom. The molecule has 16 heavy (non-hydrogen) atoms. The van der Waals surface area contributed by atoms with E-state index in [-0.39, 0.29) is 13.4 Å². The molecule has 0 fully saturated rings. The van der Waals surface area contributed by atoms with Gasteiger partial charge in [-0.3, -0.25) is 0 Å². The maximum Gasteiger partial charge on any atom is 0.231 e. The quantitative estimate of drug-likeness (QED) is 0.758. The highest BCUT2D eigenvalue weighted by Gasteiger charge is 2.14. The van der Waals surface area contributed by atoms with Crippen molar-refractivity contribution < 1.29 is 19.3 Å². The molecule has 0 amide bonds. The van der Waals surface area contributed by atoms with Crippen molar-refractivity contribution in [3.8, 4) is 17.2 Å². The SMILES string of the molecule is CNCC(O)COc1ccc2c(c1)OCO2. The number of benzene rings is 1.